The molecule has 2 rings (SSSR count). The predicted molar refractivity (Wildman–Crippen MR) is 72.7 cm³/mol. The fourth-order valence-electron chi connectivity index (χ4n) is 0.625. The van der Waals surface area contributed by atoms with E-state index in [0.29, 0.717) is 0 Å². The molecule has 2 N–H and O–H groups in total. The van der Waals surface area contributed by atoms with Crippen LogP contribution in [0.25, 0.3) is 0 Å². The molecule has 2 aromatic rings. The van der Waals surface area contributed by atoms with Gasteiger partial charge in [-0.1, -0.05) is 12.1 Å². The van der Waals surface area contributed by atoms with Crippen LogP contribution in [0.15, 0.2) is 61.2 Å². The van der Waals surface area contributed by atoms with Gasteiger partial charge in [0.2, 0.25) is 0 Å². The molecule has 128 valence electrons. The van der Waals surface area contributed by atoms with Crippen LogP contribution in [0.3, 0.4) is 0 Å². The van der Waals surface area contributed by atoms with Gasteiger partial charge in [-0.3, -0.25) is 9.97 Å². The van der Waals surface area contributed by atoms with Crippen LogP contribution in [0.4, 0.5) is 0 Å². The third-order valence-electron chi connectivity index (χ3n) is 1.39. The zero-order valence-electron chi connectivity index (χ0n) is 11.9. The van der Waals surface area contributed by atoms with Crippen LogP contribution in [-0.4, -0.2) is 45.3 Å². The number of carbonyl (C=O) groups is 2. The summed E-state index contributed by atoms with van der Waals surface area (Å²) in [5, 5.41) is 33.0. The Kier molecular flexibility index (Phi) is 24.8. The second-order valence-electron chi connectivity index (χ2n) is 3.11. The summed E-state index contributed by atoms with van der Waals surface area (Å²) in [5.74, 6) is -2.88. The Morgan fingerprint density at radius 1 is 0.696 bits per heavy atom. The number of aliphatic hydroxyl groups excluding tert-OH is 2. The van der Waals surface area contributed by atoms with Gasteiger partial charge < -0.3 is 30.0 Å². The van der Waals surface area contributed by atoms with Crippen LogP contribution in [0, 0.1) is 0 Å². The maximum Gasteiger partial charge on any atom is 2.00 e. The van der Waals surface area contributed by atoms with E-state index in [-0.39, 0.29) is 21.1 Å². The fourth-order valence-corrected chi connectivity index (χ4v) is 0.625. The maximum absolute atomic E-state index is 9.01. The van der Waals surface area contributed by atoms with Crippen LogP contribution in [0.1, 0.15) is 0 Å². The molecule has 9 heteroatoms. The Morgan fingerprint density at radius 3 is 0.957 bits per heavy atom. The van der Waals surface area contributed by atoms with E-state index in [0.717, 1.165) is 0 Å². The standard InChI is InChI=1S/2C5H5N.2C2H4O3.Pt/c2*1-2-4-6-5-3-1;2*3-1-2(4)5;/h2*1-5H;2*3H,1H2,(H,4,5);/q;;;;+2/p-2. The van der Waals surface area contributed by atoms with E-state index in [2.05, 4.69) is 9.97 Å². The van der Waals surface area contributed by atoms with Crippen LogP contribution < -0.4 is 10.2 Å². The molecular weight excluding hydrogens is 487 g/mol. The van der Waals surface area contributed by atoms with Gasteiger partial charge in [0.15, 0.2) is 0 Å². The molecule has 0 amide bonds. The Bertz CT molecular complexity index is 374. The summed E-state index contributed by atoms with van der Waals surface area (Å²) < 4.78 is 0. The molecule has 0 aliphatic heterocycles. The molecule has 2 aromatic heterocycles. The van der Waals surface area contributed by atoms with Crippen molar-refractivity contribution in [1.82, 2.24) is 9.97 Å². The molecule has 0 atom stereocenters. The first-order valence-electron chi connectivity index (χ1n) is 5.86. The molecule has 0 unspecified atom stereocenters. The van der Waals surface area contributed by atoms with Gasteiger partial charge in [0.1, 0.15) is 0 Å². The normalized spacial score (nSPS) is 7.39. The number of hydrogen-bond donors (Lipinski definition) is 2. The van der Waals surface area contributed by atoms with Crippen molar-refractivity contribution < 1.29 is 51.1 Å². The predicted octanol–water partition coefficient (Wildman–Crippen LogP) is -2.38. The minimum atomic E-state index is -1.44. The van der Waals surface area contributed by atoms with Crippen molar-refractivity contribution >= 4 is 11.9 Å². The second-order valence-corrected chi connectivity index (χ2v) is 3.11. The molecule has 0 saturated heterocycles. The van der Waals surface area contributed by atoms with Crippen molar-refractivity contribution in [2.75, 3.05) is 13.2 Å². The summed E-state index contributed by atoms with van der Waals surface area (Å²) in [6, 6.07) is 11.4. The van der Waals surface area contributed by atoms with E-state index >= 15 is 0 Å². The SMILES string of the molecule is O=C([O-])CO.O=C([O-])CO.[Pt+2].c1ccncc1.c1ccncc1. The topological polar surface area (TPSA) is 146 Å². The van der Waals surface area contributed by atoms with Crippen LogP contribution in [-0.2, 0) is 30.7 Å². The average molecular weight is 503 g/mol. The Hall–Kier alpha value is -2.15. The van der Waals surface area contributed by atoms with Gasteiger partial charge in [-0.25, -0.2) is 0 Å². The van der Waals surface area contributed by atoms with Crippen molar-refractivity contribution in [3.05, 3.63) is 61.2 Å². The summed E-state index contributed by atoms with van der Waals surface area (Å²) in [6.45, 7) is -1.78. The van der Waals surface area contributed by atoms with Gasteiger partial charge in [-0.15, -0.1) is 0 Å². The number of carboxylic acids is 2. The molecule has 0 spiro atoms. The first kappa shape index (κ1) is 25.8. The van der Waals surface area contributed by atoms with E-state index in [1.54, 1.807) is 24.8 Å². The second kappa shape index (κ2) is 22.1. The van der Waals surface area contributed by atoms with Crippen molar-refractivity contribution in [1.29, 1.82) is 0 Å². The number of carboxylic acid groups (broad SMARTS) is 2. The van der Waals surface area contributed by atoms with Crippen molar-refractivity contribution in [2.24, 2.45) is 0 Å². The minimum Gasteiger partial charge on any atom is -0.548 e. The molecule has 23 heavy (non-hydrogen) atoms. The monoisotopic (exact) mass is 503 g/mol. The Morgan fingerprint density at radius 2 is 0.913 bits per heavy atom. The molecule has 0 aliphatic carbocycles. The van der Waals surface area contributed by atoms with Gasteiger partial charge in [0, 0.05) is 24.8 Å². The summed E-state index contributed by atoms with van der Waals surface area (Å²) in [4.78, 5) is 25.6. The molecule has 8 nitrogen and oxygen atoms in total. The third-order valence-corrected chi connectivity index (χ3v) is 1.39. The number of nitrogens with zero attached hydrogens (tertiary/aromatic N) is 2. The summed E-state index contributed by atoms with van der Waals surface area (Å²) >= 11 is 0. The number of aromatic nitrogens is 2. The van der Waals surface area contributed by atoms with Gasteiger partial charge in [0.05, 0.1) is 25.2 Å². The van der Waals surface area contributed by atoms with Crippen LogP contribution in [0.5, 0.6) is 0 Å². The molecule has 0 radical (unpaired) electrons. The zero-order valence-corrected chi connectivity index (χ0v) is 14.2. The number of carbonyl (C=O) groups excluding carboxylic acids is 2. The molecule has 2 heterocycles. The largest absolute Gasteiger partial charge is 2.00 e. The number of rotatable bonds is 2. The van der Waals surface area contributed by atoms with E-state index in [4.69, 9.17) is 30.0 Å². The van der Waals surface area contributed by atoms with E-state index in [9.17, 15) is 0 Å². The van der Waals surface area contributed by atoms with E-state index in [1.165, 1.54) is 0 Å². The Labute approximate surface area is 147 Å². The first-order valence-corrected chi connectivity index (χ1v) is 5.86. The van der Waals surface area contributed by atoms with E-state index in [1.807, 2.05) is 36.4 Å². The van der Waals surface area contributed by atoms with E-state index < -0.39 is 25.2 Å². The molecule has 0 aromatic carbocycles. The minimum absolute atomic E-state index is 0. The number of pyridine rings is 2. The molecule has 0 aliphatic rings. The maximum atomic E-state index is 9.01. The third kappa shape index (κ3) is 33.0. The van der Waals surface area contributed by atoms with Crippen molar-refractivity contribution in [3.8, 4) is 0 Å². The zero-order chi connectivity index (χ0) is 17.1. The van der Waals surface area contributed by atoms with Gasteiger partial charge >= 0.3 is 21.1 Å². The Balaban J connectivity index is -0.000000230. The quantitative estimate of drug-likeness (QED) is 0.462. The first-order chi connectivity index (χ1) is 10.5. The number of aliphatic carboxylic acids is 2. The van der Waals surface area contributed by atoms with Crippen LogP contribution in [0.2, 0.25) is 0 Å². The van der Waals surface area contributed by atoms with Crippen LogP contribution >= 0.6 is 0 Å². The van der Waals surface area contributed by atoms with Gasteiger partial charge in [-0.2, -0.15) is 0 Å². The fraction of sp³-hybridized carbons (Fsp3) is 0.143. The molecule has 0 bridgehead atoms. The molecular formula is C14H16N2O6Pt. The number of aliphatic hydroxyl groups is 2. The van der Waals surface area contributed by atoms with Crippen molar-refractivity contribution in [2.45, 2.75) is 0 Å². The number of hydrogen-bond acceptors (Lipinski definition) is 8. The summed E-state index contributed by atoms with van der Waals surface area (Å²) in [7, 11) is 0. The average Bonchev–Trinajstić information content (AvgIpc) is 2.59. The molecule has 0 saturated carbocycles. The summed E-state index contributed by atoms with van der Waals surface area (Å²) in [5.41, 5.74) is 0. The molecule has 0 fully saturated rings. The van der Waals surface area contributed by atoms with Gasteiger partial charge in [0.25, 0.3) is 0 Å². The summed E-state index contributed by atoms with van der Waals surface area (Å²) in [6.07, 6.45) is 7.00. The smallest absolute Gasteiger partial charge is 0.548 e. The van der Waals surface area contributed by atoms with Gasteiger partial charge in [-0.05, 0) is 24.3 Å². The van der Waals surface area contributed by atoms with Crippen molar-refractivity contribution in [3.63, 3.8) is 0 Å².